The van der Waals surface area contributed by atoms with E-state index in [2.05, 4.69) is 13.8 Å². The van der Waals surface area contributed by atoms with Gasteiger partial charge in [-0.15, -0.1) is 0 Å². The molecule has 0 aromatic carbocycles. The van der Waals surface area contributed by atoms with E-state index in [4.69, 9.17) is 0 Å². The van der Waals surface area contributed by atoms with E-state index >= 15 is 0 Å². The third kappa shape index (κ3) is 2.22. The summed E-state index contributed by atoms with van der Waals surface area (Å²) in [5, 5.41) is 43.2. The lowest BCUT2D eigenvalue weighted by molar-refractivity contribution is -0.229. The Hall–Kier alpha value is -0.160. The van der Waals surface area contributed by atoms with Crippen LogP contribution < -0.4 is 0 Å². The van der Waals surface area contributed by atoms with Gasteiger partial charge in [0.05, 0.1) is 17.3 Å². The summed E-state index contributed by atoms with van der Waals surface area (Å²) in [7, 11) is 0. The van der Waals surface area contributed by atoms with Gasteiger partial charge >= 0.3 is 0 Å². The smallest absolute Gasteiger partial charge is 0.0735 e. The van der Waals surface area contributed by atoms with Gasteiger partial charge in [-0.2, -0.15) is 0 Å². The lowest BCUT2D eigenvalue weighted by Gasteiger charge is -2.64. The van der Waals surface area contributed by atoms with Crippen molar-refractivity contribution in [1.82, 2.24) is 0 Å². The Morgan fingerprint density at radius 2 is 1.54 bits per heavy atom. The van der Waals surface area contributed by atoms with Gasteiger partial charge in [0.15, 0.2) is 0 Å². The van der Waals surface area contributed by atoms with Gasteiger partial charge in [0, 0.05) is 13.0 Å². The van der Waals surface area contributed by atoms with Crippen LogP contribution in [0.15, 0.2) is 0 Å². The van der Waals surface area contributed by atoms with Crippen molar-refractivity contribution in [2.45, 2.75) is 102 Å². The highest BCUT2D eigenvalue weighted by Crippen LogP contribution is 2.75. The molecule has 0 aromatic rings. The van der Waals surface area contributed by atoms with Crippen LogP contribution in [0.2, 0.25) is 0 Å². The van der Waals surface area contributed by atoms with Crippen molar-refractivity contribution in [1.29, 1.82) is 0 Å². The van der Waals surface area contributed by atoms with Crippen LogP contribution in [-0.2, 0) is 0 Å². The van der Waals surface area contributed by atoms with Crippen LogP contribution in [0, 0.1) is 40.4 Å². The predicted molar refractivity (Wildman–Crippen MR) is 107 cm³/mol. The third-order valence-electron chi connectivity index (χ3n) is 11.1. The molecule has 0 aromatic heterocycles. The first kappa shape index (κ1) is 19.8. The summed E-state index contributed by atoms with van der Waals surface area (Å²) in [6, 6.07) is 0. The van der Waals surface area contributed by atoms with Crippen LogP contribution in [0.1, 0.15) is 84.5 Å². The van der Waals surface area contributed by atoms with Gasteiger partial charge in [0.1, 0.15) is 0 Å². The molecule has 0 unspecified atom stereocenters. The molecule has 0 aliphatic heterocycles. The molecular formula is C24H40O4. The molecule has 160 valence electrons. The molecule has 10 atom stereocenters. The zero-order valence-corrected chi connectivity index (χ0v) is 17.7. The number of hydrogen-bond acceptors (Lipinski definition) is 4. The van der Waals surface area contributed by atoms with E-state index in [1.165, 1.54) is 6.42 Å². The molecule has 5 fully saturated rings. The Balaban J connectivity index is 1.49. The summed E-state index contributed by atoms with van der Waals surface area (Å²) in [6.07, 6.45) is 9.75. The van der Waals surface area contributed by atoms with Gasteiger partial charge in [-0.25, -0.2) is 0 Å². The fourth-order valence-electron chi connectivity index (χ4n) is 9.57. The first-order valence-electron chi connectivity index (χ1n) is 11.9. The fraction of sp³-hybridized carbons (Fsp3) is 1.00. The van der Waals surface area contributed by atoms with Gasteiger partial charge in [-0.3, -0.25) is 0 Å². The standard InChI is InChI=1S/C24H40O4/c1-21-10-6-15(26)14-23(21,27)12-7-17-18(21)8-11-22(2)20(17)16-4-5-19(16)24(22,28)9-3-13-25/h15-20,25-28H,3-14H2,1-2H3/t15-,16-,17-,18+,19+,20+,21-,22+,23+,24+/m1/s1. The van der Waals surface area contributed by atoms with Crippen molar-refractivity contribution in [2.75, 3.05) is 6.61 Å². The Morgan fingerprint density at radius 3 is 2.21 bits per heavy atom. The van der Waals surface area contributed by atoms with Crippen LogP contribution in [0.4, 0.5) is 0 Å². The minimum absolute atomic E-state index is 0.0465. The van der Waals surface area contributed by atoms with Crippen molar-refractivity contribution in [2.24, 2.45) is 40.4 Å². The van der Waals surface area contributed by atoms with Crippen molar-refractivity contribution in [3.63, 3.8) is 0 Å². The lowest BCUT2D eigenvalue weighted by atomic mass is 9.42. The molecule has 5 aliphatic rings. The van der Waals surface area contributed by atoms with E-state index in [0.29, 0.717) is 42.4 Å². The number of aliphatic hydroxyl groups is 4. The molecule has 0 bridgehead atoms. The normalized spacial score (nSPS) is 60.2. The van der Waals surface area contributed by atoms with Gasteiger partial charge < -0.3 is 20.4 Å². The second-order valence-corrected chi connectivity index (χ2v) is 11.7. The topological polar surface area (TPSA) is 80.9 Å². The zero-order chi connectivity index (χ0) is 19.9. The van der Waals surface area contributed by atoms with Crippen LogP contribution in [0.5, 0.6) is 0 Å². The van der Waals surface area contributed by atoms with Crippen LogP contribution in [0.3, 0.4) is 0 Å². The molecule has 0 spiro atoms. The van der Waals surface area contributed by atoms with E-state index in [1.54, 1.807) is 0 Å². The first-order valence-corrected chi connectivity index (χ1v) is 11.9. The Labute approximate surface area is 169 Å². The van der Waals surface area contributed by atoms with E-state index < -0.39 is 11.2 Å². The van der Waals surface area contributed by atoms with E-state index in [0.717, 1.165) is 51.4 Å². The van der Waals surface area contributed by atoms with E-state index in [-0.39, 0.29) is 23.5 Å². The SMILES string of the molecule is C[C@]12CC[C@H]3[C@@H](CC[C@]4(O)C[C@H](O)CC[C@]34C)[C@@H]1[C@@H]1CC[C@@H]1[C@@]2(O)CCCO. The minimum atomic E-state index is -0.718. The first-order chi connectivity index (χ1) is 13.2. The fourth-order valence-corrected chi connectivity index (χ4v) is 9.57. The average Bonchev–Trinajstić information content (AvgIpc) is 2.74. The molecule has 4 heteroatoms. The summed E-state index contributed by atoms with van der Waals surface area (Å²) >= 11 is 0. The molecule has 0 radical (unpaired) electrons. The van der Waals surface area contributed by atoms with Gasteiger partial charge in [0.2, 0.25) is 0 Å². The highest BCUT2D eigenvalue weighted by molar-refractivity contribution is 5.22. The van der Waals surface area contributed by atoms with Gasteiger partial charge in [-0.05, 0) is 105 Å². The number of aliphatic hydroxyl groups excluding tert-OH is 2. The maximum atomic E-state index is 11.9. The zero-order valence-electron chi connectivity index (χ0n) is 17.7. The number of rotatable bonds is 3. The molecule has 28 heavy (non-hydrogen) atoms. The minimum Gasteiger partial charge on any atom is -0.396 e. The summed E-state index contributed by atoms with van der Waals surface area (Å²) in [4.78, 5) is 0. The summed E-state index contributed by atoms with van der Waals surface area (Å²) in [5.41, 5.74) is -1.48. The van der Waals surface area contributed by atoms with Gasteiger partial charge in [0.25, 0.3) is 0 Å². The number of hydrogen-bond donors (Lipinski definition) is 4. The van der Waals surface area contributed by atoms with Crippen LogP contribution >= 0.6 is 0 Å². The van der Waals surface area contributed by atoms with Crippen molar-refractivity contribution in [3.8, 4) is 0 Å². The lowest BCUT2D eigenvalue weighted by Crippen LogP contribution is -2.64. The Bertz CT molecular complexity index is 638. The second-order valence-electron chi connectivity index (χ2n) is 11.7. The maximum Gasteiger partial charge on any atom is 0.0735 e. The Kier molecular flexibility index (Phi) is 4.37. The predicted octanol–water partition coefficient (Wildman–Crippen LogP) is 3.25. The molecule has 0 saturated heterocycles. The average molecular weight is 393 g/mol. The van der Waals surface area contributed by atoms with Gasteiger partial charge in [-0.1, -0.05) is 13.8 Å². The molecule has 5 rings (SSSR count). The summed E-state index contributed by atoms with van der Waals surface area (Å²) < 4.78 is 0. The van der Waals surface area contributed by atoms with E-state index in [1.807, 2.05) is 0 Å². The quantitative estimate of drug-likeness (QED) is 0.594. The molecule has 5 saturated carbocycles. The highest BCUT2D eigenvalue weighted by atomic mass is 16.3. The molecule has 5 aliphatic carbocycles. The monoisotopic (exact) mass is 392 g/mol. The van der Waals surface area contributed by atoms with Crippen LogP contribution in [0.25, 0.3) is 0 Å². The molecule has 0 amide bonds. The summed E-state index contributed by atoms with van der Waals surface area (Å²) in [6.45, 7) is 4.83. The van der Waals surface area contributed by atoms with Crippen molar-refractivity contribution < 1.29 is 20.4 Å². The summed E-state index contributed by atoms with van der Waals surface area (Å²) in [5.74, 6) is 2.70. The molecular weight excluding hydrogens is 352 g/mol. The van der Waals surface area contributed by atoms with Crippen LogP contribution in [-0.4, -0.2) is 44.3 Å². The Morgan fingerprint density at radius 1 is 0.821 bits per heavy atom. The third-order valence-corrected chi connectivity index (χ3v) is 11.1. The second kappa shape index (κ2) is 6.18. The maximum absolute atomic E-state index is 11.9. The van der Waals surface area contributed by atoms with Crippen molar-refractivity contribution >= 4 is 0 Å². The largest absolute Gasteiger partial charge is 0.396 e. The molecule has 4 nitrogen and oxygen atoms in total. The molecule has 4 N–H and O–H groups in total. The highest BCUT2D eigenvalue weighted by Gasteiger charge is 2.73. The van der Waals surface area contributed by atoms with Crippen molar-refractivity contribution in [3.05, 3.63) is 0 Å². The number of fused-ring (bicyclic) bond motifs is 7. The van der Waals surface area contributed by atoms with E-state index in [9.17, 15) is 20.4 Å². The molecule has 0 heterocycles.